The summed E-state index contributed by atoms with van der Waals surface area (Å²) in [6.07, 6.45) is -1.60. The monoisotopic (exact) mass is 266 g/mol. The molecular weight excluding hydrogens is 248 g/mol. The van der Waals surface area contributed by atoms with Gasteiger partial charge in [-0.25, -0.2) is 9.59 Å². The topological polar surface area (TPSA) is 89.9 Å². The molecule has 104 valence electrons. The van der Waals surface area contributed by atoms with Crippen molar-refractivity contribution in [2.45, 2.75) is 20.0 Å². The van der Waals surface area contributed by atoms with E-state index in [-0.39, 0.29) is 6.54 Å². The second-order valence-corrected chi connectivity index (χ2v) is 4.07. The van der Waals surface area contributed by atoms with Crippen LogP contribution in [0.4, 0.5) is 10.5 Å². The summed E-state index contributed by atoms with van der Waals surface area (Å²) < 4.78 is 0. The first-order chi connectivity index (χ1) is 8.97. The normalized spacial score (nSPS) is 11.7. The van der Waals surface area contributed by atoms with Crippen LogP contribution >= 0.6 is 0 Å². The van der Waals surface area contributed by atoms with Gasteiger partial charge in [0.25, 0.3) is 0 Å². The maximum atomic E-state index is 12.0. The predicted molar refractivity (Wildman–Crippen MR) is 71.2 cm³/mol. The third kappa shape index (κ3) is 3.96. The number of hydrogen-bond donors (Lipinski definition) is 3. The van der Waals surface area contributed by atoms with Gasteiger partial charge in [0.15, 0.2) is 6.10 Å². The Kier molecular flexibility index (Phi) is 5.32. The molecule has 0 aromatic heterocycles. The molecule has 0 saturated heterocycles. The number of anilines is 1. The van der Waals surface area contributed by atoms with Crippen molar-refractivity contribution in [3.63, 3.8) is 0 Å². The number of nitrogens with one attached hydrogen (secondary N) is 1. The molecule has 1 aromatic carbocycles. The first kappa shape index (κ1) is 15.0. The van der Waals surface area contributed by atoms with Gasteiger partial charge in [0.05, 0.1) is 6.54 Å². The van der Waals surface area contributed by atoms with Crippen LogP contribution in [0, 0.1) is 6.92 Å². The SMILES string of the molecule is CCN(C(=O)NC[C@H](O)C(=O)O)c1ccccc1C. The number of carbonyl (C=O) groups excluding carboxylic acids is 1. The molecular formula is C13H18N2O4. The molecule has 1 atom stereocenters. The third-order valence-electron chi connectivity index (χ3n) is 2.70. The number of hydrogen-bond acceptors (Lipinski definition) is 3. The van der Waals surface area contributed by atoms with Gasteiger partial charge in [0.1, 0.15) is 0 Å². The van der Waals surface area contributed by atoms with Crippen molar-refractivity contribution in [1.29, 1.82) is 0 Å². The van der Waals surface area contributed by atoms with Crippen LogP contribution in [-0.2, 0) is 4.79 Å². The van der Waals surface area contributed by atoms with Crippen molar-refractivity contribution in [2.75, 3.05) is 18.0 Å². The van der Waals surface area contributed by atoms with Crippen LogP contribution in [0.25, 0.3) is 0 Å². The first-order valence-corrected chi connectivity index (χ1v) is 5.99. The molecule has 0 aliphatic heterocycles. The number of para-hydroxylation sites is 1. The largest absolute Gasteiger partial charge is 0.479 e. The van der Waals surface area contributed by atoms with Gasteiger partial charge in [-0.1, -0.05) is 18.2 Å². The van der Waals surface area contributed by atoms with Crippen LogP contribution in [0.2, 0.25) is 0 Å². The van der Waals surface area contributed by atoms with Gasteiger partial charge in [-0.15, -0.1) is 0 Å². The lowest BCUT2D eigenvalue weighted by Crippen LogP contribution is -2.44. The molecule has 0 saturated carbocycles. The molecule has 0 heterocycles. The highest BCUT2D eigenvalue weighted by molar-refractivity contribution is 5.93. The minimum absolute atomic E-state index is 0.323. The van der Waals surface area contributed by atoms with Crippen LogP contribution in [0.15, 0.2) is 24.3 Å². The summed E-state index contributed by atoms with van der Waals surface area (Å²) in [5.41, 5.74) is 1.70. The Morgan fingerprint density at radius 2 is 2.00 bits per heavy atom. The number of urea groups is 1. The average Bonchev–Trinajstić information content (AvgIpc) is 2.38. The van der Waals surface area contributed by atoms with Gasteiger partial charge in [-0.2, -0.15) is 0 Å². The highest BCUT2D eigenvalue weighted by Gasteiger charge is 2.18. The number of carboxylic acid groups (broad SMARTS) is 1. The van der Waals surface area contributed by atoms with Gasteiger partial charge in [0.2, 0.25) is 0 Å². The van der Waals surface area contributed by atoms with E-state index in [1.165, 1.54) is 4.90 Å². The Labute approximate surface area is 111 Å². The van der Waals surface area contributed by atoms with E-state index in [1.807, 2.05) is 38.1 Å². The fourth-order valence-electron chi connectivity index (χ4n) is 1.66. The molecule has 0 radical (unpaired) electrons. The molecule has 0 unspecified atom stereocenters. The third-order valence-corrected chi connectivity index (χ3v) is 2.70. The van der Waals surface area contributed by atoms with Gasteiger partial charge in [-0.05, 0) is 25.5 Å². The van der Waals surface area contributed by atoms with Crippen molar-refractivity contribution in [2.24, 2.45) is 0 Å². The van der Waals surface area contributed by atoms with Crippen molar-refractivity contribution in [3.8, 4) is 0 Å². The number of aliphatic carboxylic acids is 1. The fourth-order valence-corrected chi connectivity index (χ4v) is 1.66. The summed E-state index contributed by atoms with van der Waals surface area (Å²) in [7, 11) is 0. The molecule has 1 aromatic rings. The van der Waals surface area contributed by atoms with Gasteiger partial charge in [-0.3, -0.25) is 4.90 Å². The van der Waals surface area contributed by atoms with Crippen LogP contribution in [0.5, 0.6) is 0 Å². The molecule has 6 nitrogen and oxygen atoms in total. The van der Waals surface area contributed by atoms with E-state index in [1.54, 1.807) is 0 Å². The summed E-state index contributed by atoms with van der Waals surface area (Å²) in [6, 6.07) is 6.96. The van der Waals surface area contributed by atoms with E-state index in [9.17, 15) is 9.59 Å². The predicted octanol–water partition coefficient (Wildman–Crippen LogP) is 0.976. The quantitative estimate of drug-likeness (QED) is 0.741. The number of aliphatic hydroxyl groups is 1. The number of aryl methyl sites for hydroxylation is 1. The first-order valence-electron chi connectivity index (χ1n) is 5.99. The number of carboxylic acids is 1. The fraction of sp³-hybridized carbons (Fsp3) is 0.385. The zero-order valence-electron chi connectivity index (χ0n) is 11.0. The Hall–Kier alpha value is -2.08. The van der Waals surface area contributed by atoms with E-state index >= 15 is 0 Å². The number of rotatable bonds is 5. The van der Waals surface area contributed by atoms with Crippen molar-refractivity contribution >= 4 is 17.7 Å². The summed E-state index contributed by atoms with van der Waals surface area (Å²) in [4.78, 5) is 23.9. The summed E-state index contributed by atoms with van der Waals surface area (Å²) in [5.74, 6) is -1.36. The summed E-state index contributed by atoms with van der Waals surface area (Å²) in [6.45, 7) is 3.83. The lowest BCUT2D eigenvalue weighted by molar-refractivity contribution is -0.146. The van der Waals surface area contributed by atoms with Crippen molar-refractivity contribution in [1.82, 2.24) is 5.32 Å². The molecule has 0 bridgehead atoms. The number of nitrogens with zero attached hydrogens (tertiary/aromatic N) is 1. The van der Waals surface area contributed by atoms with Crippen LogP contribution in [-0.4, -0.2) is 41.4 Å². The molecule has 0 aliphatic carbocycles. The Bertz CT molecular complexity index is 462. The molecule has 2 amide bonds. The zero-order valence-corrected chi connectivity index (χ0v) is 11.0. The lowest BCUT2D eigenvalue weighted by Gasteiger charge is -2.23. The van der Waals surface area contributed by atoms with E-state index < -0.39 is 18.1 Å². The smallest absolute Gasteiger partial charge is 0.334 e. The Balaban J connectivity index is 2.73. The van der Waals surface area contributed by atoms with E-state index in [4.69, 9.17) is 10.2 Å². The molecule has 19 heavy (non-hydrogen) atoms. The van der Waals surface area contributed by atoms with Crippen LogP contribution < -0.4 is 10.2 Å². The number of aliphatic hydroxyl groups excluding tert-OH is 1. The molecule has 0 spiro atoms. The second-order valence-electron chi connectivity index (χ2n) is 4.07. The maximum absolute atomic E-state index is 12.0. The molecule has 0 fully saturated rings. The van der Waals surface area contributed by atoms with Gasteiger partial charge >= 0.3 is 12.0 Å². The summed E-state index contributed by atoms with van der Waals surface area (Å²) >= 11 is 0. The Morgan fingerprint density at radius 3 is 2.53 bits per heavy atom. The van der Waals surface area contributed by atoms with Crippen LogP contribution in [0.3, 0.4) is 0 Å². The highest BCUT2D eigenvalue weighted by Crippen LogP contribution is 2.18. The maximum Gasteiger partial charge on any atom is 0.334 e. The van der Waals surface area contributed by atoms with Gasteiger partial charge in [0, 0.05) is 12.2 Å². The molecule has 3 N–H and O–H groups in total. The van der Waals surface area contributed by atoms with E-state index in [0.717, 1.165) is 11.3 Å². The lowest BCUT2D eigenvalue weighted by atomic mass is 10.2. The minimum atomic E-state index is -1.60. The van der Waals surface area contributed by atoms with Gasteiger partial charge < -0.3 is 15.5 Å². The number of benzene rings is 1. The molecule has 0 aliphatic rings. The molecule has 6 heteroatoms. The van der Waals surface area contributed by atoms with Crippen molar-refractivity contribution in [3.05, 3.63) is 29.8 Å². The summed E-state index contributed by atoms with van der Waals surface area (Å²) in [5, 5.41) is 20.1. The average molecular weight is 266 g/mol. The highest BCUT2D eigenvalue weighted by atomic mass is 16.4. The van der Waals surface area contributed by atoms with Crippen molar-refractivity contribution < 1.29 is 19.8 Å². The van der Waals surface area contributed by atoms with Crippen LogP contribution in [0.1, 0.15) is 12.5 Å². The van der Waals surface area contributed by atoms with E-state index in [2.05, 4.69) is 5.32 Å². The second kappa shape index (κ2) is 6.75. The number of carbonyl (C=O) groups is 2. The molecule has 1 rings (SSSR count). The minimum Gasteiger partial charge on any atom is -0.479 e. The standard InChI is InChI=1S/C13H18N2O4/c1-3-15(10-7-5-4-6-9(10)2)13(19)14-8-11(16)12(17)18/h4-7,11,16H,3,8H2,1-2H3,(H,14,19)(H,17,18)/t11-/m0/s1. The number of amides is 2. The zero-order chi connectivity index (χ0) is 14.4. The van der Waals surface area contributed by atoms with E-state index in [0.29, 0.717) is 6.54 Å². The Morgan fingerprint density at radius 1 is 1.37 bits per heavy atom.